The molecule has 0 heterocycles. The van der Waals surface area contributed by atoms with E-state index in [1.807, 2.05) is 6.07 Å². The Hall–Kier alpha value is -1.31. The number of rotatable bonds is 2. The van der Waals surface area contributed by atoms with Gasteiger partial charge in [0, 0.05) is 11.6 Å². The van der Waals surface area contributed by atoms with Crippen molar-refractivity contribution in [3.8, 4) is 0 Å². The molecule has 0 spiro atoms. The van der Waals surface area contributed by atoms with E-state index in [9.17, 15) is 4.79 Å². The zero-order chi connectivity index (χ0) is 13.1. The third kappa shape index (κ3) is 2.99. The van der Waals surface area contributed by atoms with Crippen molar-refractivity contribution in [3.05, 3.63) is 34.9 Å². The Labute approximate surface area is 115 Å². The minimum Gasteiger partial charge on any atom is -0.349 e. The van der Waals surface area contributed by atoms with Gasteiger partial charge in [0.2, 0.25) is 0 Å². The Morgan fingerprint density at radius 2 is 1.68 bits per heavy atom. The standard InChI is InChI=1S/C17H23NO/c19-17(18-16-8-2-1-3-9-16)15-11-10-13-6-4-5-7-14(13)12-15/h10-12,16H,1-9H2,(H,18,19). The van der Waals surface area contributed by atoms with E-state index in [-0.39, 0.29) is 5.91 Å². The van der Waals surface area contributed by atoms with E-state index in [0.717, 1.165) is 24.8 Å². The highest BCUT2D eigenvalue weighted by molar-refractivity contribution is 5.94. The second-order valence-corrected chi connectivity index (χ2v) is 6.00. The van der Waals surface area contributed by atoms with Gasteiger partial charge in [-0.05, 0) is 61.8 Å². The first-order valence-electron chi connectivity index (χ1n) is 7.75. The van der Waals surface area contributed by atoms with Crippen LogP contribution < -0.4 is 5.32 Å². The van der Waals surface area contributed by atoms with E-state index >= 15 is 0 Å². The normalized spacial score (nSPS) is 19.8. The molecule has 0 atom stereocenters. The van der Waals surface area contributed by atoms with Gasteiger partial charge in [0.05, 0.1) is 0 Å². The number of nitrogens with one attached hydrogen (secondary N) is 1. The van der Waals surface area contributed by atoms with Crippen molar-refractivity contribution in [1.29, 1.82) is 0 Å². The fourth-order valence-electron chi connectivity index (χ4n) is 3.39. The lowest BCUT2D eigenvalue weighted by Gasteiger charge is -2.23. The Balaban J connectivity index is 1.69. The van der Waals surface area contributed by atoms with Crippen LogP contribution in [-0.4, -0.2) is 11.9 Å². The molecule has 1 amide bonds. The summed E-state index contributed by atoms with van der Waals surface area (Å²) in [5.41, 5.74) is 3.69. The van der Waals surface area contributed by atoms with Crippen LogP contribution in [0.3, 0.4) is 0 Å². The van der Waals surface area contributed by atoms with Gasteiger partial charge in [-0.1, -0.05) is 25.3 Å². The number of aryl methyl sites for hydroxylation is 2. The van der Waals surface area contributed by atoms with Crippen LogP contribution in [0.1, 0.15) is 66.4 Å². The van der Waals surface area contributed by atoms with E-state index in [2.05, 4.69) is 17.4 Å². The highest BCUT2D eigenvalue weighted by Gasteiger charge is 2.18. The number of hydrogen-bond donors (Lipinski definition) is 1. The van der Waals surface area contributed by atoms with Crippen LogP contribution in [0.25, 0.3) is 0 Å². The number of carbonyl (C=O) groups is 1. The maximum atomic E-state index is 12.3. The van der Waals surface area contributed by atoms with Gasteiger partial charge in [-0.2, -0.15) is 0 Å². The van der Waals surface area contributed by atoms with Crippen LogP contribution in [0, 0.1) is 0 Å². The molecular formula is C17H23NO. The Bertz CT molecular complexity index is 460. The van der Waals surface area contributed by atoms with Gasteiger partial charge in [0.15, 0.2) is 0 Å². The van der Waals surface area contributed by atoms with Crippen LogP contribution in [-0.2, 0) is 12.8 Å². The lowest BCUT2D eigenvalue weighted by atomic mass is 9.90. The molecule has 1 fully saturated rings. The molecule has 0 aromatic heterocycles. The fourth-order valence-corrected chi connectivity index (χ4v) is 3.39. The van der Waals surface area contributed by atoms with Gasteiger partial charge in [0.25, 0.3) is 5.91 Å². The van der Waals surface area contributed by atoms with Gasteiger partial charge >= 0.3 is 0 Å². The lowest BCUT2D eigenvalue weighted by molar-refractivity contribution is 0.0927. The van der Waals surface area contributed by atoms with Gasteiger partial charge in [-0.25, -0.2) is 0 Å². The van der Waals surface area contributed by atoms with Crippen molar-refractivity contribution in [2.75, 3.05) is 0 Å². The minimum absolute atomic E-state index is 0.125. The largest absolute Gasteiger partial charge is 0.349 e. The summed E-state index contributed by atoms with van der Waals surface area (Å²) in [6, 6.07) is 6.68. The summed E-state index contributed by atoms with van der Waals surface area (Å²) in [6.07, 6.45) is 11.0. The van der Waals surface area contributed by atoms with E-state index in [4.69, 9.17) is 0 Å². The summed E-state index contributed by atoms with van der Waals surface area (Å²) in [5.74, 6) is 0.125. The van der Waals surface area contributed by atoms with Crippen LogP contribution in [0.15, 0.2) is 18.2 Å². The summed E-state index contributed by atoms with van der Waals surface area (Å²) in [5, 5.41) is 3.20. The minimum atomic E-state index is 0.125. The second kappa shape index (κ2) is 5.77. The Morgan fingerprint density at radius 1 is 0.947 bits per heavy atom. The highest BCUT2D eigenvalue weighted by Crippen LogP contribution is 2.23. The third-order valence-corrected chi connectivity index (χ3v) is 4.55. The first-order valence-corrected chi connectivity index (χ1v) is 7.75. The van der Waals surface area contributed by atoms with Crippen LogP contribution in [0.5, 0.6) is 0 Å². The molecule has 2 aliphatic rings. The number of fused-ring (bicyclic) bond motifs is 1. The maximum absolute atomic E-state index is 12.3. The van der Waals surface area contributed by atoms with Crippen molar-refractivity contribution >= 4 is 5.91 Å². The molecule has 3 rings (SSSR count). The summed E-state index contributed by atoms with van der Waals surface area (Å²) in [7, 11) is 0. The van der Waals surface area contributed by atoms with Gasteiger partial charge in [-0.15, -0.1) is 0 Å². The van der Waals surface area contributed by atoms with Crippen molar-refractivity contribution in [2.24, 2.45) is 0 Å². The van der Waals surface area contributed by atoms with E-state index < -0.39 is 0 Å². The number of carbonyl (C=O) groups excluding carboxylic acids is 1. The van der Waals surface area contributed by atoms with Gasteiger partial charge < -0.3 is 5.32 Å². The topological polar surface area (TPSA) is 29.1 Å². The zero-order valence-corrected chi connectivity index (χ0v) is 11.6. The van der Waals surface area contributed by atoms with Crippen molar-refractivity contribution in [1.82, 2.24) is 5.32 Å². The van der Waals surface area contributed by atoms with Crippen LogP contribution in [0.2, 0.25) is 0 Å². The smallest absolute Gasteiger partial charge is 0.251 e. The Kier molecular flexibility index (Phi) is 3.86. The van der Waals surface area contributed by atoms with Crippen molar-refractivity contribution < 1.29 is 4.79 Å². The molecule has 2 aliphatic carbocycles. The molecule has 1 saturated carbocycles. The summed E-state index contributed by atoms with van der Waals surface area (Å²) in [6.45, 7) is 0. The molecule has 0 saturated heterocycles. The van der Waals surface area contributed by atoms with E-state index in [1.54, 1.807) is 0 Å². The average molecular weight is 257 g/mol. The van der Waals surface area contributed by atoms with Gasteiger partial charge in [0.1, 0.15) is 0 Å². The van der Waals surface area contributed by atoms with Crippen LogP contribution >= 0.6 is 0 Å². The molecule has 1 aromatic rings. The van der Waals surface area contributed by atoms with Gasteiger partial charge in [-0.3, -0.25) is 4.79 Å². The number of amides is 1. The van der Waals surface area contributed by atoms with E-state index in [0.29, 0.717) is 6.04 Å². The summed E-state index contributed by atoms with van der Waals surface area (Å²) in [4.78, 5) is 12.3. The molecule has 1 N–H and O–H groups in total. The summed E-state index contributed by atoms with van der Waals surface area (Å²) < 4.78 is 0. The molecule has 2 heteroatoms. The monoisotopic (exact) mass is 257 g/mol. The fraction of sp³-hybridized carbons (Fsp3) is 0.588. The van der Waals surface area contributed by atoms with Crippen molar-refractivity contribution in [2.45, 2.75) is 63.8 Å². The maximum Gasteiger partial charge on any atom is 0.251 e. The predicted molar refractivity (Wildman–Crippen MR) is 77.4 cm³/mol. The molecule has 102 valence electrons. The Morgan fingerprint density at radius 3 is 2.47 bits per heavy atom. The molecule has 19 heavy (non-hydrogen) atoms. The summed E-state index contributed by atoms with van der Waals surface area (Å²) >= 11 is 0. The molecular weight excluding hydrogens is 234 g/mol. The predicted octanol–water partition coefficient (Wildman–Crippen LogP) is 3.63. The molecule has 0 unspecified atom stereocenters. The van der Waals surface area contributed by atoms with Crippen molar-refractivity contribution in [3.63, 3.8) is 0 Å². The molecule has 0 bridgehead atoms. The number of hydrogen-bond acceptors (Lipinski definition) is 1. The molecule has 0 radical (unpaired) electrons. The van der Waals surface area contributed by atoms with E-state index in [1.165, 1.54) is 49.7 Å². The first-order chi connectivity index (χ1) is 9.33. The molecule has 2 nitrogen and oxygen atoms in total. The highest BCUT2D eigenvalue weighted by atomic mass is 16.1. The SMILES string of the molecule is O=C(NC1CCCCC1)c1ccc2c(c1)CCCC2. The quantitative estimate of drug-likeness (QED) is 0.861. The first kappa shape index (κ1) is 12.7. The second-order valence-electron chi connectivity index (χ2n) is 6.00. The molecule has 1 aromatic carbocycles. The lowest BCUT2D eigenvalue weighted by Crippen LogP contribution is -2.36. The molecule has 0 aliphatic heterocycles. The number of benzene rings is 1. The zero-order valence-electron chi connectivity index (χ0n) is 11.6. The third-order valence-electron chi connectivity index (χ3n) is 4.55. The van der Waals surface area contributed by atoms with Crippen LogP contribution in [0.4, 0.5) is 0 Å². The average Bonchev–Trinajstić information content (AvgIpc) is 2.48.